The maximum atomic E-state index is 11.2. The van der Waals surface area contributed by atoms with Crippen LogP contribution in [-0.4, -0.2) is 38.5 Å². The number of hydrogen-bond donors (Lipinski definition) is 2. The van der Waals surface area contributed by atoms with Crippen molar-refractivity contribution < 1.29 is 33.3 Å². The Balaban J connectivity index is 3.04. The first kappa shape index (κ1) is 17.2. The maximum Gasteiger partial charge on any atom is 0.513 e. The predicted molar refractivity (Wildman–Crippen MR) is 73.4 cm³/mol. The molecule has 1 rings (SSSR count). The summed E-state index contributed by atoms with van der Waals surface area (Å²) in [7, 11) is 2.25. The smallest absolute Gasteiger partial charge is 0.437 e. The second kappa shape index (κ2) is 7.84. The van der Waals surface area contributed by atoms with Crippen LogP contribution < -0.4 is 20.9 Å². The van der Waals surface area contributed by atoms with Crippen LogP contribution in [0.5, 0.6) is 11.5 Å². The van der Waals surface area contributed by atoms with Gasteiger partial charge in [0.2, 0.25) is 5.91 Å². The van der Waals surface area contributed by atoms with Gasteiger partial charge in [-0.1, -0.05) is 6.07 Å². The van der Waals surface area contributed by atoms with Crippen molar-refractivity contribution >= 4 is 18.2 Å². The highest BCUT2D eigenvalue weighted by Crippen LogP contribution is 2.29. The summed E-state index contributed by atoms with van der Waals surface area (Å²) in [6.07, 6.45) is -1.88. The monoisotopic (exact) mass is 312 g/mol. The molecular formula is C13H16N2O7. The Bertz CT molecular complexity index is 574. The molecule has 0 bridgehead atoms. The standard InChI is InChI=1S/C13H16N2O7/c1-19-12(17)21-9-4-3-7(5-8(14)11(15)16)6-10(9)22-13(18)20-2/h3-4,6,8H,5,14H2,1-2H3,(H2,15,16). The minimum Gasteiger partial charge on any atom is -0.437 e. The van der Waals surface area contributed by atoms with Crippen molar-refractivity contribution in [3.05, 3.63) is 23.8 Å². The number of nitrogens with two attached hydrogens (primary N) is 2. The first-order chi connectivity index (χ1) is 10.4. The quantitative estimate of drug-likeness (QED) is 0.585. The van der Waals surface area contributed by atoms with E-state index in [1.54, 1.807) is 0 Å². The number of rotatable bonds is 5. The summed E-state index contributed by atoms with van der Waals surface area (Å²) in [5.74, 6) is -0.828. The van der Waals surface area contributed by atoms with Crippen LogP contribution in [0.1, 0.15) is 5.56 Å². The molecule has 0 fully saturated rings. The second-order valence-electron chi connectivity index (χ2n) is 4.11. The van der Waals surface area contributed by atoms with Gasteiger partial charge in [-0.2, -0.15) is 0 Å². The zero-order valence-electron chi connectivity index (χ0n) is 12.0. The van der Waals surface area contributed by atoms with Crippen molar-refractivity contribution in [1.29, 1.82) is 0 Å². The average Bonchev–Trinajstić information content (AvgIpc) is 2.49. The number of carbonyl (C=O) groups is 3. The minimum absolute atomic E-state index is 0.0614. The van der Waals surface area contributed by atoms with Crippen LogP contribution in [0.15, 0.2) is 18.2 Å². The summed E-state index contributed by atoms with van der Waals surface area (Å²) in [5, 5.41) is 0. The van der Waals surface area contributed by atoms with E-state index in [0.29, 0.717) is 5.56 Å². The number of carbonyl (C=O) groups excluding carboxylic acids is 3. The molecule has 0 aliphatic carbocycles. The molecule has 0 heterocycles. The van der Waals surface area contributed by atoms with Gasteiger partial charge in [0.15, 0.2) is 11.5 Å². The Morgan fingerprint density at radius 3 is 2.09 bits per heavy atom. The van der Waals surface area contributed by atoms with Crippen LogP contribution in [-0.2, 0) is 20.7 Å². The third kappa shape index (κ3) is 4.94. The highest BCUT2D eigenvalue weighted by Gasteiger charge is 2.17. The number of benzene rings is 1. The average molecular weight is 312 g/mol. The van der Waals surface area contributed by atoms with Gasteiger partial charge in [0, 0.05) is 0 Å². The van der Waals surface area contributed by atoms with Crippen molar-refractivity contribution in [2.24, 2.45) is 11.5 Å². The Hall–Kier alpha value is -2.81. The van der Waals surface area contributed by atoms with Crippen molar-refractivity contribution in [1.82, 2.24) is 0 Å². The molecule has 1 atom stereocenters. The van der Waals surface area contributed by atoms with Crippen LogP contribution in [0.25, 0.3) is 0 Å². The van der Waals surface area contributed by atoms with Gasteiger partial charge in [0.1, 0.15) is 0 Å². The molecule has 0 saturated heterocycles. The van der Waals surface area contributed by atoms with Crippen LogP contribution >= 0.6 is 0 Å². The number of ether oxygens (including phenoxy) is 4. The third-order valence-corrected chi connectivity index (χ3v) is 2.55. The van der Waals surface area contributed by atoms with Crippen molar-refractivity contribution in [2.75, 3.05) is 14.2 Å². The molecule has 1 amide bonds. The molecule has 0 spiro atoms. The van der Waals surface area contributed by atoms with Crippen LogP contribution in [0.2, 0.25) is 0 Å². The summed E-state index contributed by atoms with van der Waals surface area (Å²) in [6.45, 7) is 0. The molecule has 9 heteroatoms. The lowest BCUT2D eigenvalue weighted by atomic mass is 10.1. The Morgan fingerprint density at radius 1 is 1.05 bits per heavy atom. The topological polar surface area (TPSA) is 140 Å². The normalized spacial score (nSPS) is 11.2. The lowest BCUT2D eigenvalue weighted by molar-refractivity contribution is -0.119. The molecule has 1 unspecified atom stereocenters. The van der Waals surface area contributed by atoms with E-state index in [2.05, 4.69) is 9.47 Å². The van der Waals surface area contributed by atoms with Crippen molar-refractivity contribution in [3.63, 3.8) is 0 Å². The predicted octanol–water partition coefficient (Wildman–Crippen LogP) is 0.332. The van der Waals surface area contributed by atoms with Gasteiger partial charge in [0.05, 0.1) is 20.3 Å². The van der Waals surface area contributed by atoms with Crippen LogP contribution in [0.4, 0.5) is 9.59 Å². The zero-order valence-corrected chi connectivity index (χ0v) is 12.0. The Kier molecular flexibility index (Phi) is 6.14. The molecule has 22 heavy (non-hydrogen) atoms. The molecule has 9 nitrogen and oxygen atoms in total. The van der Waals surface area contributed by atoms with E-state index in [-0.39, 0.29) is 17.9 Å². The highest BCUT2D eigenvalue weighted by molar-refractivity contribution is 5.80. The lowest BCUT2D eigenvalue weighted by Gasteiger charge is -2.12. The summed E-state index contributed by atoms with van der Waals surface area (Å²) in [5.41, 5.74) is 11.2. The van der Waals surface area contributed by atoms with Gasteiger partial charge in [-0.15, -0.1) is 0 Å². The van der Waals surface area contributed by atoms with Crippen molar-refractivity contribution in [2.45, 2.75) is 12.5 Å². The maximum absolute atomic E-state index is 11.2. The van der Waals surface area contributed by atoms with Crippen molar-refractivity contribution in [3.8, 4) is 11.5 Å². The molecular weight excluding hydrogens is 296 g/mol. The fraction of sp³-hybridized carbons (Fsp3) is 0.308. The molecule has 1 aromatic carbocycles. The number of methoxy groups -OCH3 is 2. The number of primary amides is 1. The molecule has 0 aromatic heterocycles. The van der Waals surface area contributed by atoms with Gasteiger partial charge in [0.25, 0.3) is 0 Å². The van der Waals surface area contributed by atoms with Crippen LogP contribution in [0, 0.1) is 0 Å². The highest BCUT2D eigenvalue weighted by atomic mass is 16.7. The van der Waals surface area contributed by atoms with Gasteiger partial charge < -0.3 is 30.4 Å². The van der Waals surface area contributed by atoms with E-state index >= 15 is 0 Å². The van der Waals surface area contributed by atoms with E-state index in [9.17, 15) is 14.4 Å². The summed E-state index contributed by atoms with van der Waals surface area (Å²) in [6, 6.07) is 3.36. The van der Waals surface area contributed by atoms with E-state index in [4.69, 9.17) is 20.9 Å². The zero-order chi connectivity index (χ0) is 16.7. The molecule has 120 valence electrons. The van der Waals surface area contributed by atoms with E-state index in [1.165, 1.54) is 18.2 Å². The molecule has 0 aliphatic rings. The molecule has 0 aliphatic heterocycles. The van der Waals surface area contributed by atoms with E-state index < -0.39 is 24.3 Å². The number of hydrogen-bond acceptors (Lipinski definition) is 8. The van der Waals surface area contributed by atoms with E-state index in [1.807, 2.05) is 0 Å². The fourth-order valence-corrected chi connectivity index (χ4v) is 1.46. The Labute approximate surface area is 126 Å². The number of amides is 1. The summed E-state index contributed by atoms with van der Waals surface area (Å²) >= 11 is 0. The van der Waals surface area contributed by atoms with Gasteiger partial charge in [-0.3, -0.25) is 4.79 Å². The van der Waals surface area contributed by atoms with E-state index in [0.717, 1.165) is 14.2 Å². The second-order valence-corrected chi connectivity index (χ2v) is 4.11. The van der Waals surface area contributed by atoms with Crippen LogP contribution in [0.3, 0.4) is 0 Å². The van der Waals surface area contributed by atoms with Gasteiger partial charge in [-0.05, 0) is 24.1 Å². The summed E-state index contributed by atoms with van der Waals surface area (Å²) in [4.78, 5) is 33.3. The fourth-order valence-electron chi connectivity index (χ4n) is 1.46. The lowest BCUT2D eigenvalue weighted by Crippen LogP contribution is -2.38. The molecule has 0 saturated carbocycles. The van der Waals surface area contributed by atoms with Gasteiger partial charge >= 0.3 is 12.3 Å². The third-order valence-electron chi connectivity index (χ3n) is 2.55. The minimum atomic E-state index is -1.01. The Morgan fingerprint density at radius 2 is 1.59 bits per heavy atom. The first-order valence-corrected chi connectivity index (χ1v) is 6.06. The first-order valence-electron chi connectivity index (χ1n) is 6.06. The SMILES string of the molecule is COC(=O)Oc1ccc(CC(N)C(N)=O)cc1OC(=O)OC. The molecule has 0 radical (unpaired) electrons. The molecule has 4 N–H and O–H groups in total. The van der Waals surface area contributed by atoms with Gasteiger partial charge in [-0.25, -0.2) is 9.59 Å². The molecule has 1 aromatic rings. The summed E-state index contributed by atoms with van der Waals surface area (Å²) < 4.78 is 18.4. The largest absolute Gasteiger partial charge is 0.513 e.